The van der Waals surface area contributed by atoms with Crippen molar-refractivity contribution in [2.45, 2.75) is 45.6 Å². The fraction of sp³-hybridized carbons (Fsp3) is 0.727. The molecule has 1 aromatic heterocycles. The Kier molecular flexibility index (Phi) is 3.69. The summed E-state index contributed by atoms with van der Waals surface area (Å²) in [5.74, 6) is 1.73. The highest BCUT2D eigenvalue weighted by molar-refractivity contribution is 5.11. The highest BCUT2D eigenvalue weighted by atomic mass is 15.1. The molecule has 14 heavy (non-hydrogen) atoms. The van der Waals surface area contributed by atoms with Gasteiger partial charge in [-0.15, -0.1) is 0 Å². The molecule has 1 heterocycles. The third-order valence-corrected chi connectivity index (χ3v) is 2.88. The molecule has 0 amide bonds. The summed E-state index contributed by atoms with van der Waals surface area (Å²) in [4.78, 5) is 4.46. The van der Waals surface area contributed by atoms with Crippen LogP contribution in [-0.4, -0.2) is 9.55 Å². The first-order chi connectivity index (χ1) is 6.61. The fourth-order valence-corrected chi connectivity index (χ4v) is 1.89. The Morgan fingerprint density at radius 3 is 2.36 bits per heavy atom. The van der Waals surface area contributed by atoms with Gasteiger partial charge in [-0.1, -0.05) is 13.8 Å². The van der Waals surface area contributed by atoms with Crippen LogP contribution in [0.1, 0.15) is 57.1 Å². The normalized spacial score (nSPS) is 13.6. The highest BCUT2D eigenvalue weighted by Crippen LogP contribution is 2.23. The van der Waals surface area contributed by atoms with Gasteiger partial charge in [-0.2, -0.15) is 0 Å². The van der Waals surface area contributed by atoms with E-state index in [-0.39, 0.29) is 6.04 Å². The second-order valence-electron chi connectivity index (χ2n) is 3.90. The number of hydrogen-bond donors (Lipinski definition) is 1. The average Bonchev–Trinajstić information content (AvgIpc) is 2.51. The van der Waals surface area contributed by atoms with Crippen molar-refractivity contribution in [1.29, 1.82) is 0 Å². The Morgan fingerprint density at radius 1 is 1.43 bits per heavy atom. The summed E-state index contributed by atoms with van der Waals surface area (Å²) in [6.45, 7) is 6.40. The van der Waals surface area contributed by atoms with Crippen LogP contribution in [0.5, 0.6) is 0 Å². The number of nitrogens with zero attached hydrogens (tertiary/aromatic N) is 2. The zero-order valence-electron chi connectivity index (χ0n) is 9.62. The van der Waals surface area contributed by atoms with Crippen molar-refractivity contribution in [1.82, 2.24) is 9.55 Å². The Bertz CT molecular complexity index is 285. The molecule has 0 saturated heterocycles. The minimum atomic E-state index is 0.0654. The van der Waals surface area contributed by atoms with Gasteiger partial charge < -0.3 is 10.3 Å². The molecule has 0 fully saturated rings. The fourth-order valence-electron chi connectivity index (χ4n) is 1.89. The minimum Gasteiger partial charge on any atom is -0.333 e. The number of hydrogen-bond acceptors (Lipinski definition) is 2. The van der Waals surface area contributed by atoms with Crippen molar-refractivity contribution in [3.05, 3.63) is 17.7 Å². The van der Waals surface area contributed by atoms with E-state index in [1.165, 1.54) is 5.82 Å². The molecular weight excluding hydrogens is 174 g/mol. The topological polar surface area (TPSA) is 43.8 Å². The van der Waals surface area contributed by atoms with E-state index in [2.05, 4.69) is 30.4 Å². The smallest absolute Gasteiger partial charge is 0.111 e. The van der Waals surface area contributed by atoms with Crippen molar-refractivity contribution in [2.24, 2.45) is 12.8 Å². The molecule has 1 aromatic rings. The molecule has 80 valence electrons. The van der Waals surface area contributed by atoms with Gasteiger partial charge in [0.15, 0.2) is 0 Å². The van der Waals surface area contributed by atoms with Crippen LogP contribution in [0, 0.1) is 0 Å². The van der Waals surface area contributed by atoms with Crippen molar-refractivity contribution in [3.63, 3.8) is 0 Å². The van der Waals surface area contributed by atoms with Gasteiger partial charge in [0.05, 0.1) is 11.9 Å². The molecule has 0 saturated carbocycles. The van der Waals surface area contributed by atoms with Gasteiger partial charge in [0.25, 0.3) is 0 Å². The van der Waals surface area contributed by atoms with Gasteiger partial charge in [0.2, 0.25) is 0 Å². The molecule has 0 aliphatic rings. The molecule has 1 unspecified atom stereocenters. The van der Waals surface area contributed by atoms with E-state index in [4.69, 9.17) is 5.73 Å². The number of rotatable bonds is 4. The molecule has 1 atom stereocenters. The maximum Gasteiger partial charge on any atom is 0.111 e. The lowest BCUT2D eigenvalue weighted by molar-refractivity contribution is 0.565. The van der Waals surface area contributed by atoms with Crippen LogP contribution in [-0.2, 0) is 7.05 Å². The van der Waals surface area contributed by atoms with Gasteiger partial charge in [-0.3, -0.25) is 0 Å². The number of nitrogens with two attached hydrogens (primary N) is 1. The number of aromatic nitrogens is 2. The Hall–Kier alpha value is -0.830. The Morgan fingerprint density at radius 2 is 2.00 bits per heavy atom. The molecule has 0 spiro atoms. The highest BCUT2D eigenvalue weighted by Gasteiger charge is 2.15. The minimum absolute atomic E-state index is 0.0654. The van der Waals surface area contributed by atoms with E-state index in [0.29, 0.717) is 5.92 Å². The predicted molar refractivity (Wildman–Crippen MR) is 59.1 cm³/mol. The lowest BCUT2D eigenvalue weighted by atomic mass is 10.0. The van der Waals surface area contributed by atoms with Crippen molar-refractivity contribution < 1.29 is 0 Å². The third-order valence-electron chi connectivity index (χ3n) is 2.88. The van der Waals surface area contributed by atoms with Crippen LogP contribution >= 0.6 is 0 Å². The molecule has 0 aliphatic heterocycles. The molecule has 3 nitrogen and oxygen atoms in total. The SMILES string of the molecule is CCC(CC)c1ncc(C(C)N)n1C. The van der Waals surface area contributed by atoms with Crippen LogP contribution in [0.4, 0.5) is 0 Å². The molecular formula is C11H21N3. The first-order valence-corrected chi connectivity index (χ1v) is 5.38. The summed E-state index contributed by atoms with van der Waals surface area (Å²) in [5.41, 5.74) is 6.97. The quantitative estimate of drug-likeness (QED) is 0.801. The van der Waals surface area contributed by atoms with E-state index in [9.17, 15) is 0 Å². The molecule has 0 radical (unpaired) electrons. The predicted octanol–water partition coefficient (Wildman–Crippen LogP) is 2.34. The molecule has 1 rings (SSSR count). The van der Waals surface area contributed by atoms with Crippen molar-refractivity contribution in [3.8, 4) is 0 Å². The maximum absolute atomic E-state index is 5.85. The summed E-state index contributed by atoms with van der Waals surface area (Å²) < 4.78 is 2.14. The van der Waals surface area contributed by atoms with Crippen molar-refractivity contribution >= 4 is 0 Å². The summed E-state index contributed by atoms with van der Waals surface area (Å²) in [6.07, 6.45) is 4.18. The Balaban J connectivity index is 2.99. The summed E-state index contributed by atoms with van der Waals surface area (Å²) in [7, 11) is 2.05. The van der Waals surface area contributed by atoms with Gasteiger partial charge in [0, 0.05) is 19.0 Å². The van der Waals surface area contributed by atoms with E-state index in [1.807, 2.05) is 13.1 Å². The molecule has 0 aliphatic carbocycles. The molecule has 2 N–H and O–H groups in total. The van der Waals surface area contributed by atoms with E-state index < -0.39 is 0 Å². The lowest BCUT2D eigenvalue weighted by Gasteiger charge is -2.14. The number of imidazole rings is 1. The van der Waals surface area contributed by atoms with Gasteiger partial charge in [-0.25, -0.2) is 4.98 Å². The zero-order chi connectivity index (χ0) is 10.7. The van der Waals surface area contributed by atoms with Crippen LogP contribution < -0.4 is 5.73 Å². The summed E-state index contributed by atoms with van der Waals surface area (Å²) >= 11 is 0. The van der Waals surface area contributed by atoms with Crippen LogP contribution in [0.2, 0.25) is 0 Å². The van der Waals surface area contributed by atoms with E-state index in [1.54, 1.807) is 0 Å². The van der Waals surface area contributed by atoms with Gasteiger partial charge in [0.1, 0.15) is 5.82 Å². The third kappa shape index (κ3) is 1.98. The average molecular weight is 195 g/mol. The molecule has 0 bridgehead atoms. The second-order valence-corrected chi connectivity index (χ2v) is 3.90. The zero-order valence-corrected chi connectivity index (χ0v) is 9.62. The van der Waals surface area contributed by atoms with Gasteiger partial charge >= 0.3 is 0 Å². The Labute approximate surface area is 86.3 Å². The van der Waals surface area contributed by atoms with Crippen LogP contribution in [0.15, 0.2) is 6.20 Å². The molecule has 3 heteroatoms. The van der Waals surface area contributed by atoms with Crippen LogP contribution in [0.3, 0.4) is 0 Å². The first-order valence-electron chi connectivity index (χ1n) is 5.38. The second kappa shape index (κ2) is 4.60. The monoisotopic (exact) mass is 195 g/mol. The first kappa shape index (κ1) is 11.2. The summed E-state index contributed by atoms with van der Waals surface area (Å²) in [5, 5.41) is 0. The standard InChI is InChI=1S/C11H21N3/c1-5-9(6-2)11-13-7-10(8(3)12)14(11)4/h7-9H,5-6,12H2,1-4H3. The maximum atomic E-state index is 5.85. The molecule has 0 aromatic carbocycles. The van der Waals surface area contributed by atoms with E-state index >= 15 is 0 Å². The largest absolute Gasteiger partial charge is 0.333 e. The van der Waals surface area contributed by atoms with Crippen LogP contribution in [0.25, 0.3) is 0 Å². The lowest BCUT2D eigenvalue weighted by Crippen LogP contribution is -2.12. The van der Waals surface area contributed by atoms with Gasteiger partial charge in [-0.05, 0) is 19.8 Å². The summed E-state index contributed by atoms with van der Waals surface area (Å²) in [6, 6.07) is 0.0654. The van der Waals surface area contributed by atoms with Crippen molar-refractivity contribution in [2.75, 3.05) is 0 Å². The van der Waals surface area contributed by atoms with E-state index in [0.717, 1.165) is 18.5 Å².